The number of rotatable bonds is 6. The molecule has 10 nitrogen and oxygen atoms in total. The quantitative estimate of drug-likeness (QED) is 0.555. The van der Waals surface area contributed by atoms with E-state index < -0.39 is 29.8 Å². The van der Waals surface area contributed by atoms with Gasteiger partial charge >= 0.3 is 11.9 Å². The van der Waals surface area contributed by atoms with Gasteiger partial charge in [0.15, 0.2) is 0 Å². The molecule has 3 heterocycles. The smallest absolute Gasteiger partial charge is 0.338 e. The van der Waals surface area contributed by atoms with E-state index in [1.807, 2.05) is 0 Å². The third-order valence-corrected chi connectivity index (χ3v) is 6.20. The number of esters is 1. The van der Waals surface area contributed by atoms with Crippen LogP contribution >= 0.6 is 15.9 Å². The molecule has 0 radical (unpaired) electrons. The van der Waals surface area contributed by atoms with Crippen LogP contribution in [0, 0.1) is 5.82 Å². The molecule has 1 fully saturated rings. The minimum atomic E-state index is -0.912. The predicted octanol–water partition coefficient (Wildman–Crippen LogP) is 2.09. The van der Waals surface area contributed by atoms with Crippen molar-refractivity contribution >= 4 is 33.8 Å². The lowest BCUT2D eigenvalue weighted by molar-refractivity contribution is -0.142. The number of nitrogens with one attached hydrogen (secondary N) is 1. The van der Waals surface area contributed by atoms with Crippen LogP contribution in [0.4, 0.5) is 4.39 Å². The molecule has 2 N–H and O–H groups in total. The van der Waals surface area contributed by atoms with E-state index in [0.29, 0.717) is 34.7 Å². The van der Waals surface area contributed by atoms with Gasteiger partial charge in [-0.3, -0.25) is 9.69 Å². The van der Waals surface area contributed by atoms with Crippen molar-refractivity contribution in [1.29, 1.82) is 0 Å². The van der Waals surface area contributed by atoms with E-state index in [2.05, 4.69) is 36.3 Å². The standard InChI is InChI=1S/C21H22BrFN6O4/c1-2-33-20(32)17-15(9-28-7-3-4-16(28)19(30)31)26-21(29-11-24-10-25-29)27-18(17)13-6-5-12(23)8-14(13)22/h5-6,8,10-11,16,18H,2-4,7,9H2,1H3,(H,26,27)(H,30,31)/t16-,18?/m0/s1. The van der Waals surface area contributed by atoms with Crippen molar-refractivity contribution in [3.63, 3.8) is 0 Å². The second-order valence-corrected chi connectivity index (χ2v) is 8.42. The molecule has 4 rings (SSSR count). The van der Waals surface area contributed by atoms with Gasteiger partial charge in [0.2, 0.25) is 5.96 Å². The summed E-state index contributed by atoms with van der Waals surface area (Å²) < 4.78 is 21.0. The molecule has 33 heavy (non-hydrogen) atoms. The summed E-state index contributed by atoms with van der Waals surface area (Å²) in [5, 5.41) is 16.9. The predicted molar refractivity (Wildman–Crippen MR) is 119 cm³/mol. The minimum Gasteiger partial charge on any atom is -0.480 e. The molecule has 0 saturated carbocycles. The van der Waals surface area contributed by atoms with E-state index >= 15 is 0 Å². The Labute approximate surface area is 197 Å². The highest BCUT2D eigenvalue weighted by Gasteiger charge is 2.37. The number of benzene rings is 1. The highest BCUT2D eigenvalue weighted by molar-refractivity contribution is 9.10. The second-order valence-electron chi connectivity index (χ2n) is 7.57. The third kappa shape index (κ3) is 4.81. The first-order chi connectivity index (χ1) is 15.9. The van der Waals surface area contributed by atoms with E-state index in [9.17, 15) is 19.1 Å². The van der Waals surface area contributed by atoms with E-state index in [-0.39, 0.29) is 18.7 Å². The monoisotopic (exact) mass is 520 g/mol. The summed E-state index contributed by atoms with van der Waals surface area (Å²) in [7, 11) is 0. The van der Waals surface area contributed by atoms with Crippen LogP contribution < -0.4 is 5.32 Å². The summed E-state index contributed by atoms with van der Waals surface area (Å²) in [4.78, 5) is 35.2. The van der Waals surface area contributed by atoms with Crippen LogP contribution in [0.25, 0.3) is 0 Å². The first-order valence-electron chi connectivity index (χ1n) is 10.4. The van der Waals surface area contributed by atoms with Crippen LogP contribution in [-0.4, -0.2) is 68.4 Å². The maximum atomic E-state index is 13.8. The van der Waals surface area contributed by atoms with Gasteiger partial charge in [0.05, 0.1) is 12.2 Å². The lowest BCUT2D eigenvalue weighted by Crippen LogP contribution is -2.44. The van der Waals surface area contributed by atoms with Gasteiger partial charge in [-0.25, -0.2) is 19.2 Å². The van der Waals surface area contributed by atoms with Crippen molar-refractivity contribution in [3.05, 3.63) is 58.0 Å². The fourth-order valence-electron chi connectivity index (χ4n) is 4.04. The SMILES string of the molecule is CCOC(=O)C1=C(CN2CCC[C@H]2C(=O)O)NC(n2cncn2)=NC1c1ccc(F)cc1Br. The van der Waals surface area contributed by atoms with E-state index in [4.69, 9.17) is 4.74 Å². The normalized spacial score (nSPS) is 21.0. The van der Waals surface area contributed by atoms with Gasteiger partial charge in [-0.2, -0.15) is 9.78 Å². The highest BCUT2D eigenvalue weighted by atomic mass is 79.9. The largest absolute Gasteiger partial charge is 0.480 e. The first kappa shape index (κ1) is 23.1. The summed E-state index contributed by atoms with van der Waals surface area (Å²) in [6.45, 7) is 2.57. The Morgan fingerprint density at radius 2 is 2.21 bits per heavy atom. The van der Waals surface area contributed by atoms with Gasteiger partial charge in [-0.15, -0.1) is 0 Å². The number of halogens is 2. The van der Waals surface area contributed by atoms with Crippen molar-refractivity contribution in [2.24, 2.45) is 4.99 Å². The van der Waals surface area contributed by atoms with Crippen molar-refractivity contribution in [3.8, 4) is 0 Å². The van der Waals surface area contributed by atoms with Crippen molar-refractivity contribution < 1.29 is 23.8 Å². The number of ether oxygens (including phenoxy) is 1. The van der Waals surface area contributed by atoms with Crippen molar-refractivity contribution in [2.45, 2.75) is 31.8 Å². The van der Waals surface area contributed by atoms with Gasteiger partial charge in [0.1, 0.15) is 30.6 Å². The molecule has 2 atom stereocenters. The van der Waals surface area contributed by atoms with Crippen LogP contribution in [0.5, 0.6) is 0 Å². The number of likely N-dealkylation sites (tertiary alicyclic amines) is 1. The molecule has 1 unspecified atom stereocenters. The second kappa shape index (κ2) is 9.79. The average molecular weight is 521 g/mol. The van der Waals surface area contributed by atoms with Gasteiger partial charge in [-0.1, -0.05) is 22.0 Å². The summed E-state index contributed by atoms with van der Waals surface area (Å²) >= 11 is 3.38. The maximum Gasteiger partial charge on any atom is 0.338 e. The Hall–Kier alpha value is -3.12. The van der Waals surface area contributed by atoms with Crippen LogP contribution in [0.3, 0.4) is 0 Å². The third-order valence-electron chi connectivity index (χ3n) is 5.51. The molecule has 2 aliphatic rings. The average Bonchev–Trinajstić information content (AvgIpc) is 3.46. The molecule has 0 amide bonds. The van der Waals surface area contributed by atoms with Gasteiger partial charge in [0, 0.05) is 16.7 Å². The zero-order valence-electron chi connectivity index (χ0n) is 17.7. The first-order valence-corrected chi connectivity index (χ1v) is 11.2. The Balaban J connectivity index is 1.83. The number of aromatic nitrogens is 3. The number of nitrogens with zero attached hydrogens (tertiary/aromatic N) is 5. The van der Waals surface area contributed by atoms with Gasteiger partial charge in [0.25, 0.3) is 0 Å². The van der Waals surface area contributed by atoms with Crippen molar-refractivity contribution in [1.82, 2.24) is 25.0 Å². The van der Waals surface area contributed by atoms with Crippen LogP contribution in [-0.2, 0) is 14.3 Å². The van der Waals surface area contributed by atoms with E-state index in [0.717, 1.165) is 6.42 Å². The lowest BCUT2D eigenvalue weighted by Gasteiger charge is -2.30. The molecule has 12 heteroatoms. The molecule has 0 bridgehead atoms. The number of aliphatic carboxylic acids is 1. The van der Waals surface area contributed by atoms with E-state index in [1.54, 1.807) is 17.9 Å². The van der Waals surface area contributed by atoms with E-state index in [1.165, 1.54) is 29.5 Å². The fourth-order valence-corrected chi connectivity index (χ4v) is 4.60. The fraction of sp³-hybridized carbons (Fsp3) is 0.381. The van der Waals surface area contributed by atoms with Crippen molar-refractivity contribution in [2.75, 3.05) is 19.7 Å². The minimum absolute atomic E-state index is 0.147. The lowest BCUT2D eigenvalue weighted by atomic mass is 9.95. The van der Waals surface area contributed by atoms with Crippen LogP contribution in [0.2, 0.25) is 0 Å². The van der Waals surface area contributed by atoms with Gasteiger partial charge in [-0.05, 0) is 44.0 Å². The van der Waals surface area contributed by atoms with Crippen LogP contribution in [0.1, 0.15) is 31.4 Å². The van der Waals surface area contributed by atoms with Crippen LogP contribution in [0.15, 0.2) is 51.6 Å². The molecule has 1 aromatic carbocycles. The summed E-state index contributed by atoms with van der Waals surface area (Å²) in [5.74, 6) is -1.65. The number of carboxylic acid groups (broad SMARTS) is 1. The topological polar surface area (TPSA) is 122 Å². The Bertz CT molecular complexity index is 1120. The number of hydrogen-bond donors (Lipinski definition) is 2. The summed E-state index contributed by atoms with van der Waals surface area (Å²) in [6.07, 6.45) is 4.05. The molecule has 0 spiro atoms. The highest BCUT2D eigenvalue weighted by Crippen LogP contribution is 2.36. The maximum absolute atomic E-state index is 13.8. The number of aliphatic imine (C=N–C) groups is 1. The zero-order valence-corrected chi connectivity index (χ0v) is 19.3. The summed E-state index contributed by atoms with van der Waals surface area (Å²) in [6, 6.07) is 2.62. The Morgan fingerprint density at radius 3 is 2.88 bits per heavy atom. The summed E-state index contributed by atoms with van der Waals surface area (Å²) in [5.41, 5.74) is 1.22. The molecular formula is C21H22BrFN6O4. The molecule has 2 aliphatic heterocycles. The number of carboxylic acids is 1. The number of carbonyl (C=O) groups is 2. The molecule has 1 saturated heterocycles. The molecule has 1 aromatic heterocycles. The number of hydrogen-bond acceptors (Lipinski definition) is 8. The Kier molecular flexibility index (Phi) is 6.84. The zero-order chi connectivity index (χ0) is 23.5. The van der Waals surface area contributed by atoms with Gasteiger partial charge < -0.3 is 15.2 Å². The number of carbonyl (C=O) groups excluding carboxylic acids is 1. The molecule has 2 aromatic rings. The Morgan fingerprint density at radius 1 is 1.39 bits per heavy atom. The molecule has 174 valence electrons. The molecule has 0 aliphatic carbocycles. The molecular weight excluding hydrogens is 499 g/mol.